The highest BCUT2D eigenvalue weighted by atomic mass is 16.3. The van der Waals surface area contributed by atoms with Gasteiger partial charge in [0.25, 0.3) is 0 Å². The van der Waals surface area contributed by atoms with Gasteiger partial charge in [0.1, 0.15) is 11.5 Å². The minimum absolute atomic E-state index is 0.357. The van der Waals surface area contributed by atoms with Gasteiger partial charge in [-0.05, 0) is 44.0 Å². The van der Waals surface area contributed by atoms with E-state index in [1.807, 2.05) is 31.4 Å². The Balaban J connectivity index is 1.40. The van der Waals surface area contributed by atoms with Gasteiger partial charge in [-0.3, -0.25) is 14.7 Å². The summed E-state index contributed by atoms with van der Waals surface area (Å²) in [5.41, 5.74) is 1.77. The first-order chi connectivity index (χ1) is 12.2. The number of aryl methyl sites for hydroxylation is 1. The number of nitrogens with zero attached hydrogens (tertiary/aromatic N) is 4. The molecule has 0 saturated carbocycles. The minimum Gasteiger partial charge on any atom is -0.458 e. The summed E-state index contributed by atoms with van der Waals surface area (Å²) in [7, 11) is 1.87. The third-order valence-corrected chi connectivity index (χ3v) is 4.89. The molecule has 0 radical (unpaired) electrons. The third kappa shape index (κ3) is 3.52. The van der Waals surface area contributed by atoms with Gasteiger partial charge in [-0.1, -0.05) is 0 Å². The predicted molar refractivity (Wildman–Crippen MR) is 92.5 cm³/mol. The molecule has 0 unspecified atom stereocenters. The molecule has 0 aliphatic carbocycles. The summed E-state index contributed by atoms with van der Waals surface area (Å²) in [5.74, 6) is 1.74. The SMILES string of the molecule is Cn1cc([C@@H](O)C[C@@H]2CCCN2Cc2ccc(-c3ccn[nH]3)o2)cn1. The first-order valence-corrected chi connectivity index (χ1v) is 8.68. The number of rotatable bonds is 6. The molecule has 132 valence electrons. The molecule has 1 saturated heterocycles. The van der Waals surface area contributed by atoms with Crippen molar-refractivity contribution < 1.29 is 9.52 Å². The number of furan rings is 1. The van der Waals surface area contributed by atoms with Crippen molar-refractivity contribution in [3.8, 4) is 11.5 Å². The van der Waals surface area contributed by atoms with Crippen molar-refractivity contribution in [3.63, 3.8) is 0 Å². The smallest absolute Gasteiger partial charge is 0.152 e. The average molecular weight is 341 g/mol. The Bertz CT molecular complexity index is 807. The van der Waals surface area contributed by atoms with Crippen molar-refractivity contribution in [1.82, 2.24) is 24.9 Å². The molecule has 4 heterocycles. The molecule has 25 heavy (non-hydrogen) atoms. The zero-order valence-corrected chi connectivity index (χ0v) is 14.3. The van der Waals surface area contributed by atoms with Crippen LogP contribution in [0.3, 0.4) is 0 Å². The molecule has 2 atom stereocenters. The highest BCUT2D eigenvalue weighted by Gasteiger charge is 2.28. The Morgan fingerprint density at radius 3 is 3.08 bits per heavy atom. The number of nitrogens with one attached hydrogen (secondary N) is 1. The lowest BCUT2D eigenvalue weighted by Crippen LogP contribution is -2.30. The first kappa shape index (κ1) is 16.1. The molecule has 0 bridgehead atoms. The van der Waals surface area contributed by atoms with Crippen LogP contribution in [-0.4, -0.2) is 42.6 Å². The molecule has 7 heteroatoms. The number of aromatic nitrogens is 4. The monoisotopic (exact) mass is 341 g/mol. The second-order valence-corrected chi connectivity index (χ2v) is 6.70. The molecule has 1 aliphatic rings. The number of likely N-dealkylation sites (tertiary alicyclic amines) is 1. The van der Waals surface area contributed by atoms with Gasteiger partial charge in [0.15, 0.2) is 5.76 Å². The Morgan fingerprint density at radius 1 is 1.40 bits per heavy atom. The van der Waals surface area contributed by atoms with Gasteiger partial charge in [-0.15, -0.1) is 0 Å². The van der Waals surface area contributed by atoms with Crippen LogP contribution in [0.2, 0.25) is 0 Å². The number of aliphatic hydroxyl groups is 1. The van der Waals surface area contributed by atoms with Crippen molar-refractivity contribution in [2.75, 3.05) is 6.54 Å². The lowest BCUT2D eigenvalue weighted by molar-refractivity contribution is 0.114. The average Bonchev–Trinajstić information content (AvgIpc) is 3.35. The predicted octanol–water partition coefficient (Wildman–Crippen LogP) is 2.49. The summed E-state index contributed by atoms with van der Waals surface area (Å²) >= 11 is 0. The standard InChI is InChI=1S/C18H23N5O2/c1-22-11-13(10-20-22)17(24)9-14-3-2-8-23(14)12-15-4-5-18(25-15)16-6-7-19-21-16/h4-7,10-11,14,17,24H,2-3,8-9,12H2,1H3,(H,19,21)/t14-,17-/m0/s1. The Hall–Kier alpha value is -2.38. The molecule has 7 nitrogen and oxygen atoms in total. The first-order valence-electron chi connectivity index (χ1n) is 8.68. The second-order valence-electron chi connectivity index (χ2n) is 6.70. The van der Waals surface area contributed by atoms with Gasteiger partial charge in [0.05, 0.1) is 18.8 Å². The normalized spacial score (nSPS) is 19.5. The summed E-state index contributed by atoms with van der Waals surface area (Å²) in [6, 6.07) is 6.24. The van der Waals surface area contributed by atoms with Crippen LogP contribution in [0.1, 0.15) is 36.7 Å². The van der Waals surface area contributed by atoms with E-state index >= 15 is 0 Å². The third-order valence-electron chi connectivity index (χ3n) is 4.89. The summed E-state index contributed by atoms with van der Waals surface area (Å²) in [6.45, 7) is 1.79. The number of hydrogen-bond donors (Lipinski definition) is 2. The van der Waals surface area contributed by atoms with Gasteiger partial charge >= 0.3 is 0 Å². The van der Waals surface area contributed by atoms with Crippen molar-refractivity contribution in [2.45, 2.75) is 38.0 Å². The van der Waals surface area contributed by atoms with Crippen LogP contribution >= 0.6 is 0 Å². The van der Waals surface area contributed by atoms with Crippen molar-refractivity contribution >= 4 is 0 Å². The van der Waals surface area contributed by atoms with E-state index < -0.39 is 6.10 Å². The number of H-pyrrole nitrogens is 1. The molecule has 0 amide bonds. The van der Waals surface area contributed by atoms with Crippen LogP contribution in [-0.2, 0) is 13.6 Å². The van der Waals surface area contributed by atoms with Gasteiger partial charge in [0, 0.05) is 31.0 Å². The van der Waals surface area contributed by atoms with E-state index in [1.165, 1.54) is 0 Å². The lowest BCUT2D eigenvalue weighted by atomic mass is 10.0. The van der Waals surface area contributed by atoms with Crippen molar-refractivity contribution in [3.05, 3.63) is 48.1 Å². The lowest BCUT2D eigenvalue weighted by Gasteiger charge is -2.25. The number of aliphatic hydroxyl groups excluding tert-OH is 1. The maximum atomic E-state index is 10.5. The molecule has 4 rings (SSSR count). The Labute approximate surface area is 146 Å². The topological polar surface area (TPSA) is 83.1 Å². The van der Waals surface area contributed by atoms with Gasteiger partial charge < -0.3 is 9.52 Å². The zero-order valence-electron chi connectivity index (χ0n) is 14.3. The second kappa shape index (κ2) is 6.85. The van der Waals surface area contributed by atoms with Crippen molar-refractivity contribution in [2.24, 2.45) is 7.05 Å². The maximum Gasteiger partial charge on any atom is 0.152 e. The Morgan fingerprint density at radius 2 is 2.32 bits per heavy atom. The highest BCUT2D eigenvalue weighted by molar-refractivity contribution is 5.51. The summed E-state index contributed by atoms with van der Waals surface area (Å²) in [4.78, 5) is 2.40. The largest absolute Gasteiger partial charge is 0.458 e. The summed E-state index contributed by atoms with van der Waals surface area (Å²) < 4.78 is 7.67. The quantitative estimate of drug-likeness (QED) is 0.720. The molecular weight excluding hydrogens is 318 g/mol. The molecule has 3 aromatic rings. The fraction of sp³-hybridized carbons (Fsp3) is 0.444. The fourth-order valence-electron chi connectivity index (χ4n) is 3.58. The van der Waals surface area contributed by atoms with Crippen LogP contribution in [0.15, 0.2) is 41.2 Å². The van der Waals surface area contributed by atoms with E-state index in [9.17, 15) is 5.11 Å². The van der Waals surface area contributed by atoms with Crippen molar-refractivity contribution in [1.29, 1.82) is 0 Å². The van der Waals surface area contributed by atoms with Crippen LogP contribution < -0.4 is 0 Å². The molecule has 0 aromatic carbocycles. The van der Waals surface area contributed by atoms with E-state index in [0.29, 0.717) is 6.04 Å². The van der Waals surface area contributed by atoms with Gasteiger partial charge in [0.2, 0.25) is 0 Å². The van der Waals surface area contributed by atoms with E-state index in [2.05, 4.69) is 20.2 Å². The van der Waals surface area contributed by atoms with Crippen LogP contribution in [0, 0.1) is 0 Å². The molecule has 2 N–H and O–H groups in total. The zero-order chi connectivity index (χ0) is 17.2. The Kier molecular flexibility index (Phi) is 4.42. The molecule has 3 aromatic heterocycles. The molecule has 0 spiro atoms. The van der Waals surface area contributed by atoms with Gasteiger partial charge in [-0.25, -0.2) is 0 Å². The fourth-order valence-corrected chi connectivity index (χ4v) is 3.58. The molecular formula is C18H23N5O2. The molecule has 1 aliphatic heterocycles. The van der Waals surface area contributed by atoms with Crippen LogP contribution in [0.5, 0.6) is 0 Å². The van der Waals surface area contributed by atoms with Crippen LogP contribution in [0.4, 0.5) is 0 Å². The summed E-state index contributed by atoms with van der Waals surface area (Å²) in [5, 5.41) is 21.5. The van der Waals surface area contributed by atoms with Crippen LogP contribution in [0.25, 0.3) is 11.5 Å². The summed E-state index contributed by atoms with van der Waals surface area (Å²) in [6.07, 6.45) is 7.84. The van der Waals surface area contributed by atoms with E-state index in [-0.39, 0.29) is 0 Å². The van der Waals surface area contributed by atoms with E-state index in [4.69, 9.17) is 4.42 Å². The number of aromatic amines is 1. The van der Waals surface area contributed by atoms with Gasteiger partial charge in [-0.2, -0.15) is 10.2 Å². The molecule has 1 fully saturated rings. The highest BCUT2D eigenvalue weighted by Crippen LogP contribution is 2.29. The van der Waals surface area contributed by atoms with E-state index in [0.717, 1.165) is 55.1 Å². The maximum absolute atomic E-state index is 10.5. The minimum atomic E-state index is -0.476. The van der Waals surface area contributed by atoms with E-state index in [1.54, 1.807) is 17.1 Å². The number of hydrogen-bond acceptors (Lipinski definition) is 5.